The zero-order chi connectivity index (χ0) is 13.8. The summed E-state index contributed by atoms with van der Waals surface area (Å²) in [4.78, 5) is 11.6. The number of carbonyl (C=O) groups is 1. The van der Waals surface area contributed by atoms with E-state index in [2.05, 4.69) is 26.8 Å². The Kier molecular flexibility index (Phi) is 10.8. The molecule has 0 radical (unpaired) electrons. The summed E-state index contributed by atoms with van der Waals surface area (Å²) < 4.78 is 5.18. The van der Waals surface area contributed by atoms with Gasteiger partial charge in [-0.3, -0.25) is 0 Å². The highest BCUT2D eigenvalue weighted by atomic mass is 16.5. The van der Waals surface area contributed by atoms with E-state index in [-0.39, 0.29) is 5.97 Å². The number of allylic oxidation sites excluding steroid dienone is 1. The van der Waals surface area contributed by atoms with Gasteiger partial charge in [0.2, 0.25) is 0 Å². The molecule has 106 valence electrons. The average Bonchev–Trinajstić information content (AvgIpc) is 2.38. The van der Waals surface area contributed by atoms with Gasteiger partial charge in [0.05, 0.1) is 6.61 Å². The Morgan fingerprint density at radius 1 is 1.17 bits per heavy atom. The fourth-order valence-electron chi connectivity index (χ4n) is 1.83. The number of ether oxygens (including phenoxy) is 1. The summed E-state index contributed by atoms with van der Waals surface area (Å²) >= 11 is 0. The summed E-state index contributed by atoms with van der Waals surface area (Å²) in [6.45, 7) is 8.95. The highest BCUT2D eigenvalue weighted by Crippen LogP contribution is 2.18. The van der Waals surface area contributed by atoms with Gasteiger partial charge in [-0.05, 0) is 25.7 Å². The highest BCUT2D eigenvalue weighted by Gasteiger charge is 2.08. The number of rotatable bonds is 10. The fraction of sp³-hybridized carbons (Fsp3) is 0.812. The average molecular weight is 254 g/mol. The molecule has 0 aliphatic carbocycles. The topological polar surface area (TPSA) is 26.3 Å². The molecule has 0 saturated heterocycles. The van der Waals surface area contributed by atoms with Crippen molar-refractivity contribution in [2.24, 2.45) is 5.92 Å². The smallest absolute Gasteiger partial charge is 0.333 e. The number of unbranched alkanes of at least 4 members (excludes halogenated alkanes) is 2. The predicted molar refractivity (Wildman–Crippen MR) is 77.5 cm³/mol. The molecule has 1 atom stereocenters. The summed E-state index contributed by atoms with van der Waals surface area (Å²) in [6.07, 6.45) is 10.1. The van der Waals surface area contributed by atoms with Gasteiger partial charge in [0.15, 0.2) is 0 Å². The van der Waals surface area contributed by atoms with Crippen molar-refractivity contribution < 1.29 is 9.53 Å². The molecule has 0 N–H and O–H groups in total. The molecule has 0 fully saturated rings. The van der Waals surface area contributed by atoms with Gasteiger partial charge in [0.25, 0.3) is 0 Å². The quantitative estimate of drug-likeness (QED) is 0.315. The molecule has 0 aromatic heterocycles. The Morgan fingerprint density at radius 3 is 2.39 bits per heavy atom. The number of esters is 1. The van der Waals surface area contributed by atoms with Crippen molar-refractivity contribution in [1.29, 1.82) is 0 Å². The molecule has 0 saturated carbocycles. The third-order valence-corrected chi connectivity index (χ3v) is 3.35. The first-order valence-electron chi connectivity index (χ1n) is 7.49. The Bertz CT molecular complexity index is 243. The molecule has 18 heavy (non-hydrogen) atoms. The minimum atomic E-state index is -0.145. The van der Waals surface area contributed by atoms with Crippen molar-refractivity contribution in [3.63, 3.8) is 0 Å². The molecular weight excluding hydrogens is 224 g/mol. The van der Waals surface area contributed by atoms with Crippen LogP contribution in [0.5, 0.6) is 0 Å². The van der Waals surface area contributed by atoms with Gasteiger partial charge >= 0.3 is 5.97 Å². The molecule has 0 aromatic carbocycles. The van der Waals surface area contributed by atoms with Crippen LogP contribution in [0.4, 0.5) is 0 Å². The lowest BCUT2D eigenvalue weighted by atomic mass is 9.95. The van der Waals surface area contributed by atoms with Crippen LogP contribution in [0.1, 0.15) is 72.6 Å². The third kappa shape index (κ3) is 8.32. The third-order valence-electron chi connectivity index (χ3n) is 3.35. The van der Waals surface area contributed by atoms with E-state index in [0.717, 1.165) is 24.8 Å². The maximum absolute atomic E-state index is 11.6. The van der Waals surface area contributed by atoms with E-state index in [1.54, 1.807) is 0 Å². The van der Waals surface area contributed by atoms with Crippen LogP contribution in [0.25, 0.3) is 0 Å². The second kappa shape index (κ2) is 11.3. The zero-order valence-corrected chi connectivity index (χ0v) is 12.6. The molecule has 1 unspecified atom stereocenters. The van der Waals surface area contributed by atoms with Crippen LogP contribution < -0.4 is 0 Å². The summed E-state index contributed by atoms with van der Waals surface area (Å²) in [5, 5.41) is 0. The van der Waals surface area contributed by atoms with Crippen LogP contribution in [0.2, 0.25) is 0 Å². The lowest BCUT2D eigenvalue weighted by Gasteiger charge is -2.12. The van der Waals surface area contributed by atoms with E-state index in [9.17, 15) is 4.79 Å². The van der Waals surface area contributed by atoms with E-state index in [0.29, 0.717) is 12.5 Å². The van der Waals surface area contributed by atoms with Crippen LogP contribution in [-0.4, -0.2) is 12.6 Å². The van der Waals surface area contributed by atoms with E-state index in [1.807, 2.05) is 6.92 Å². The molecule has 2 heteroatoms. The minimum Gasteiger partial charge on any atom is -0.462 e. The summed E-state index contributed by atoms with van der Waals surface area (Å²) in [7, 11) is 0. The largest absolute Gasteiger partial charge is 0.462 e. The lowest BCUT2D eigenvalue weighted by Crippen LogP contribution is -2.07. The van der Waals surface area contributed by atoms with Crippen LogP contribution in [0.3, 0.4) is 0 Å². The van der Waals surface area contributed by atoms with Gasteiger partial charge in [-0.25, -0.2) is 4.79 Å². The first kappa shape index (κ1) is 17.2. The van der Waals surface area contributed by atoms with E-state index in [4.69, 9.17) is 4.74 Å². The van der Waals surface area contributed by atoms with Gasteiger partial charge in [-0.2, -0.15) is 0 Å². The minimum absolute atomic E-state index is 0.145. The number of hydrogen-bond donors (Lipinski definition) is 0. The van der Waals surface area contributed by atoms with E-state index in [1.165, 1.54) is 25.7 Å². The molecule has 0 spiro atoms. The maximum atomic E-state index is 11.6. The first-order valence-corrected chi connectivity index (χ1v) is 7.49. The summed E-state index contributed by atoms with van der Waals surface area (Å²) in [5.41, 5.74) is 0.765. The van der Waals surface area contributed by atoms with Crippen molar-refractivity contribution in [1.82, 2.24) is 0 Å². The highest BCUT2D eigenvalue weighted by molar-refractivity contribution is 5.87. The van der Waals surface area contributed by atoms with Crippen LogP contribution >= 0.6 is 0 Å². The summed E-state index contributed by atoms with van der Waals surface area (Å²) in [6, 6.07) is 0. The number of carbonyl (C=O) groups excluding carboxylic acids is 1. The Labute approximate surface area is 113 Å². The monoisotopic (exact) mass is 254 g/mol. The van der Waals surface area contributed by atoms with Crippen molar-refractivity contribution in [3.8, 4) is 0 Å². The predicted octanol–water partition coefficient (Wildman–Crippen LogP) is 4.88. The van der Waals surface area contributed by atoms with Crippen molar-refractivity contribution in [2.45, 2.75) is 72.6 Å². The van der Waals surface area contributed by atoms with Gasteiger partial charge < -0.3 is 4.74 Å². The Morgan fingerprint density at radius 2 is 1.83 bits per heavy atom. The van der Waals surface area contributed by atoms with Crippen molar-refractivity contribution >= 4 is 5.97 Å². The Balaban J connectivity index is 4.02. The second-order valence-electron chi connectivity index (χ2n) is 5.03. The number of hydrogen-bond acceptors (Lipinski definition) is 2. The van der Waals surface area contributed by atoms with E-state index >= 15 is 0 Å². The molecular formula is C16H30O2. The molecule has 0 heterocycles. The van der Waals surface area contributed by atoms with Gasteiger partial charge in [0.1, 0.15) is 0 Å². The van der Waals surface area contributed by atoms with Crippen LogP contribution in [0, 0.1) is 5.92 Å². The molecule has 2 nitrogen and oxygen atoms in total. The second-order valence-corrected chi connectivity index (χ2v) is 5.03. The van der Waals surface area contributed by atoms with E-state index < -0.39 is 0 Å². The van der Waals surface area contributed by atoms with Gasteiger partial charge in [-0.15, -0.1) is 0 Å². The Hall–Kier alpha value is -0.790. The fourth-order valence-corrected chi connectivity index (χ4v) is 1.83. The normalized spacial score (nSPS) is 13.4. The maximum Gasteiger partial charge on any atom is 0.333 e. The molecule has 0 aliphatic rings. The van der Waals surface area contributed by atoms with Crippen LogP contribution in [-0.2, 0) is 9.53 Å². The van der Waals surface area contributed by atoms with Crippen LogP contribution in [0.15, 0.2) is 11.6 Å². The SMILES string of the molecule is CCCCOC(=O)/C(C)=C/CC(CC)CCCC. The van der Waals surface area contributed by atoms with Crippen molar-refractivity contribution in [3.05, 3.63) is 11.6 Å². The summed E-state index contributed by atoms with van der Waals surface area (Å²) in [5.74, 6) is 0.567. The standard InChI is InChI=1S/C16H30O2/c1-5-8-10-15(7-3)12-11-14(4)16(17)18-13-9-6-2/h11,15H,5-10,12-13H2,1-4H3/b14-11+. The zero-order valence-electron chi connectivity index (χ0n) is 12.6. The molecule has 0 aliphatic heterocycles. The molecule has 0 bridgehead atoms. The van der Waals surface area contributed by atoms with Gasteiger partial charge in [-0.1, -0.05) is 59.0 Å². The first-order chi connectivity index (χ1) is 8.65. The van der Waals surface area contributed by atoms with Gasteiger partial charge in [0, 0.05) is 5.57 Å². The van der Waals surface area contributed by atoms with Crippen molar-refractivity contribution in [2.75, 3.05) is 6.61 Å². The molecule has 0 amide bonds. The molecule has 0 rings (SSSR count). The molecule has 0 aromatic rings. The lowest BCUT2D eigenvalue weighted by molar-refractivity contribution is -0.139.